The van der Waals surface area contributed by atoms with Crippen LogP contribution in [0.5, 0.6) is 0 Å². The highest BCUT2D eigenvalue weighted by molar-refractivity contribution is 6.25. The summed E-state index contributed by atoms with van der Waals surface area (Å²) in [5, 5.41) is 8.16. The summed E-state index contributed by atoms with van der Waals surface area (Å²) in [6.07, 6.45) is 14.4. The maximum atomic E-state index is 2.59. The summed E-state index contributed by atoms with van der Waals surface area (Å²) in [6, 6.07) is 35.9. The van der Waals surface area contributed by atoms with Gasteiger partial charge in [0.1, 0.15) is 0 Å². The first-order valence-corrected chi connectivity index (χ1v) is 21.0. The molecule has 3 aliphatic rings. The van der Waals surface area contributed by atoms with Gasteiger partial charge in [-0.15, -0.1) is 0 Å². The molecule has 0 saturated carbocycles. The van der Waals surface area contributed by atoms with Crippen LogP contribution in [0.2, 0.25) is 0 Å². The summed E-state index contributed by atoms with van der Waals surface area (Å²) in [7, 11) is 0. The molecule has 3 aliphatic carbocycles. The lowest BCUT2D eigenvalue weighted by Gasteiger charge is -2.36. The van der Waals surface area contributed by atoms with Crippen LogP contribution < -0.4 is 4.90 Å². The number of fused-ring (bicyclic) bond motifs is 3. The second-order valence-corrected chi connectivity index (χ2v) is 20.6. The van der Waals surface area contributed by atoms with Crippen LogP contribution in [0.25, 0.3) is 37.9 Å². The molecular formula is C55H59N. The molecule has 1 heteroatoms. The average Bonchev–Trinajstić information content (AvgIpc) is 3.38. The van der Waals surface area contributed by atoms with E-state index in [9.17, 15) is 0 Å². The largest absolute Gasteiger partial charge is 0.334 e. The van der Waals surface area contributed by atoms with Crippen LogP contribution >= 0.6 is 0 Å². The Balaban J connectivity index is 1.10. The second kappa shape index (κ2) is 12.6. The lowest BCUT2D eigenvalue weighted by atomic mass is 9.76. The SMILES string of the molecule is CC(C)(C)C1=CCC(N(c2ccc(C(C)(C)C)cc2)c2ccc3c(c2)C(C)(C)C2=CC(c4ccc5ccc6cc(C(C)(C)C)cc7ccc4c5c67)=CCC23)C=C1. The van der Waals surface area contributed by atoms with Crippen molar-refractivity contribution in [1.29, 1.82) is 0 Å². The highest BCUT2D eigenvalue weighted by atomic mass is 15.2. The Kier molecular flexibility index (Phi) is 8.24. The molecule has 56 heavy (non-hydrogen) atoms. The maximum absolute atomic E-state index is 2.59. The molecule has 0 N–H and O–H groups in total. The van der Waals surface area contributed by atoms with Gasteiger partial charge in [-0.25, -0.2) is 0 Å². The molecule has 0 aliphatic heterocycles. The van der Waals surface area contributed by atoms with Gasteiger partial charge in [0.25, 0.3) is 0 Å². The Bertz CT molecular complexity index is 2630. The van der Waals surface area contributed by atoms with Crippen molar-refractivity contribution in [1.82, 2.24) is 0 Å². The van der Waals surface area contributed by atoms with E-state index in [2.05, 4.69) is 202 Å². The fourth-order valence-corrected chi connectivity index (χ4v) is 10.0. The topological polar surface area (TPSA) is 3.24 Å². The van der Waals surface area contributed by atoms with Gasteiger partial charge in [-0.05, 0) is 125 Å². The molecule has 0 fully saturated rings. The van der Waals surface area contributed by atoms with E-state index >= 15 is 0 Å². The summed E-state index contributed by atoms with van der Waals surface area (Å²) in [4.78, 5) is 2.59. The minimum Gasteiger partial charge on any atom is -0.334 e. The van der Waals surface area contributed by atoms with Crippen molar-refractivity contribution in [3.8, 4) is 0 Å². The molecule has 0 saturated heterocycles. The molecule has 1 nitrogen and oxygen atoms in total. The maximum Gasteiger partial charge on any atom is 0.0560 e. The number of rotatable bonds is 4. The summed E-state index contributed by atoms with van der Waals surface area (Å²) >= 11 is 0. The molecule has 0 aromatic heterocycles. The Labute approximate surface area is 335 Å². The zero-order valence-electron chi connectivity index (χ0n) is 35.6. The van der Waals surface area contributed by atoms with Crippen LogP contribution in [0.1, 0.15) is 123 Å². The third-order valence-corrected chi connectivity index (χ3v) is 13.4. The van der Waals surface area contributed by atoms with E-state index in [0.29, 0.717) is 5.92 Å². The van der Waals surface area contributed by atoms with Crippen molar-refractivity contribution in [2.75, 3.05) is 4.90 Å². The van der Waals surface area contributed by atoms with Crippen LogP contribution in [-0.2, 0) is 16.2 Å². The summed E-state index contributed by atoms with van der Waals surface area (Å²) in [6.45, 7) is 25.7. The fourth-order valence-electron chi connectivity index (χ4n) is 10.0. The Hall–Kier alpha value is -4.88. The van der Waals surface area contributed by atoms with Crippen molar-refractivity contribution in [3.63, 3.8) is 0 Å². The molecule has 9 rings (SSSR count). The lowest BCUT2D eigenvalue weighted by Crippen LogP contribution is -2.31. The summed E-state index contributed by atoms with van der Waals surface area (Å²) in [5.74, 6) is 0.403. The van der Waals surface area contributed by atoms with Gasteiger partial charge >= 0.3 is 0 Å². The number of allylic oxidation sites excluding steroid dienone is 6. The highest BCUT2D eigenvalue weighted by Crippen LogP contribution is 2.56. The van der Waals surface area contributed by atoms with E-state index in [0.717, 1.165) is 12.8 Å². The number of hydrogen-bond donors (Lipinski definition) is 0. The van der Waals surface area contributed by atoms with Crippen molar-refractivity contribution < 1.29 is 0 Å². The molecule has 0 radical (unpaired) electrons. The minimum absolute atomic E-state index is 0.0911. The minimum atomic E-state index is -0.0911. The molecule has 0 heterocycles. The van der Waals surface area contributed by atoms with Crippen LogP contribution in [0.4, 0.5) is 11.4 Å². The fraction of sp³-hybridized carbons (Fsp3) is 0.345. The molecule has 284 valence electrons. The molecule has 6 aromatic carbocycles. The predicted molar refractivity (Wildman–Crippen MR) is 244 cm³/mol. The normalized spacial score (nSPS) is 19.6. The highest BCUT2D eigenvalue weighted by Gasteiger charge is 2.43. The predicted octanol–water partition coefficient (Wildman–Crippen LogP) is 15.4. The molecule has 0 amide bonds. The van der Waals surface area contributed by atoms with Crippen LogP contribution in [-0.4, -0.2) is 6.04 Å². The van der Waals surface area contributed by atoms with Gasteiger partial charge in [-0.3, -0.25) is 0 Å². The molecule has 2 unspecified atom stereocenters. The summed E-state index contributed by atoms with van der Waals surface area (Å²) < 4.78 is 0. The quantitative estimate of drug-likeness (QED) is 0.163. The Morgan fingerprint density at radius 3 is 1.88 bits per heavy atom. The first kappa shape index (κ1) is 36.7. The van der Waals surface area contributed by atoms with Crippen LogP contribution in [0.15, 0.2) is 133 Å². The smallest absolute Gasteiger partial charge is 0.0560 e. The van der Waals surface area contributed by atoms with Gasteiger partial charge < -0.3 is 4.90 Å². The van der Waals surface area contributed by atoms with E-state index < -0.39 is 0 Å². The molecule has 0 spiro atoms. The molecule has 0 bridgehead atoms. The zero-order valence-corrected chi connectivity index (χ0v) is 35.6. The monoisotopic (exact) mass is 733 g/mol. The van der Waals surface area contributed by atoms with Gasteiger partial charge in [-0.1, -0.05) is 179 Å². The Morgan fingerprint density at radius 2 is 1.23 bits per heavy atom. The van der Waals surface area contributed by atoms with Crippen molar-refractivity contribution in [2.45, 2.75) is 117 Å². The number of anilines is 2. The lowest BCUT2D eigenvalue weighted by molar-refractivity contribution is 0.510. The van der Waals surface area contributed by atoms with Gasteiger partial charge in [0.05, 0.1) is 6.04 Å². The van der Waals surface area contributed by atoms with Gasteiger partial charge in [0.2, 0.25) is 0 Å². The average molecular weight is 734 g/mol. The zero-order chi connectivity index (χ0) is 39.5. The third-order valence-electron chi connectivity index (χ3n) is 13.4. The standard InChI is InChI=1S/C55H59N/c1-52(2,3)38-17-21-41(22-18-38)56(42-23-19-39(20-24-42)53(4,5)6)43-25-29-46-45-27-15-35(32-48(45)55(10,11)49(46)33-43)44-26-14-34-12-13-36-30-40(54(7,8)9)31-37-16-28-47(44)51(34)50(36)37/h12-23,25-26,28-33,42,45H,24,27H2,1-11H3. The summed E-state index contributed by atoms with van der Waals surface area (Å²) in [5.41, 5.74) is 14.2. The van der Waals surface area contributed by atoms with Gasteiger partial charge in [0, 0.05) is 22.7 Å². The first-order valence-electron chi connectivity index (χ1n) is 21.0. The number of benzene rings is 6. The first-order chi connectivity index (χ1) is 26.4. The van der Waals surface area contributed by atoms with Crippen molar-refractivity contribution >= 4 is 49.3 Å². The number of nitrogens with zero attached hydrogens (tertiary/aromatic N) is 1. The third kappa shape index (κ3) is 5.96. The van der Waals surface area contributed by atoms with E-state index in [-0.39, 0.29) is 27.7 Å². The van der Waals surface area contributed by atoms with E-state index in [4.69, 9.17) is 0 Å². The van der Waals surface area contributed by atoms with Gasteiger partial charge in [0.15, 0.2) is 0 Å². The van der Waals surface area contributed by atoms with Crippen LogP contribution in [0, 0.1) is 5.41 Å². The second-order valence-electron chi connectivity index (χ2n) is 20.6. The van der Waals surface area contributed by atoms with E-state index in [1.807, 2.05) is 0 Å². The Morgan fingerprint density at radius 1 is 0.589 bits per heavy atom. The molecule has 6 aromatic rings. The van der Waals surface area contributed by atoms with Crippen LogP contribution in [0.3, 0.4) is 0 Å². The van der Waals surface area contributed by atoms with E-state index in [1.165, 1.54) is 82.7 Å². The van der Waals surface area contributed by atoms with Crippen molar-refractivity contribution in [2.24, 2.45) is 5.41 Å². The molecular weight excluding hydrogens is 675 g/mol. The molecule has 2 atom stereocenters. The van der Waals surface area contributed by atoms with Crippen molar-refractivity contribution in [3.05, 3.63) is 160 Å². The van der Waals surface area contributed by atoms with Gasteiger partial charge in [-0.2, -0.15) is 0 Å². The van der Waals surface area contributed by atoms with E-state index in [1.54, 1.807) is 5.57 Å². The number of hydrogen-bond acceptors (Lipinski definition) is 1.